The molecule has 1 aliphatic heterocycles. The Bertz CT molecular complexity index is 1630. The molecule has 2 amide bonds. The van der Waals surface area contributed by atoms with Crippen molar-refractivity contribution in [2.24, 2.45) is 10.2 Å². The number of thioether (sulfide) groups is 1. The largest absolute Gasteiger partial charge is 0.497 e. The van der Waals surface area contributed by atoms with Gasteiger partial charge in [-0.25, -0.2) is 0 Å². The van der Waals surface area contributed by atoms with Crippen molar-refractivity contribution in [1.29, 1.82) is 0 Å². The fourth-order valence-corrected chi connectivity index (χ4v) is 5.11. The SMILES string of the molecule is COc1ccc(-n2nc(-c3ccc(C=NN=C4SCC(=O)N4c4ccccc4C(C)C)cc3)nc2NC(C)=O)cc1. The number of nitrogens with zero attached hydrogens (tertiary/aromatic N) is 6. The van der Waals surface area contributed by atoms with Crippen LogP contribution in [0.2, 0.25) is 0 Å². The predicted octanol–water partition coefficient (Wildman–Crippen LogP) is 5.49. The fraction of sp³-hybridized carbons (Fsp3) is 0.200. The molecule has 4 aromatic rings. The van der Waals surface area contributed by atoms with Crippen molar-refractivity contribution in [3.05, 3.63) is 83.9 Å². The van der Waals surface area contributed by atoms with E-state index in [9.17, 15) is 9.59 Å². The van der Waals surface area contributed by atoms with E-state index >= 15 is 0 Å². The summed E-state index contributed by atoms with van der Waals surface area (Å²) >= 11 is 1.37. The lowest BCUT2D eigenvalue weighted by molar-refractivity contribution is -0.115. The summed E-state index contributed by atoms with van der Waals surface area (Å²) in [6.07, 6.45) is 1.64. The van der Waals surface area contributed by atoms with Crippen LogP contribution < -0.4 is 15.0 Å². The van der Waals surface area contributed by atoms with Crippen LogP contribution in [0.5, 0.6) is 5.75 Å². The highest BCUT2D eigenvalue weighted by Crippen LogP contribution is 2.33. The number of carbonyl (C=O) groups is 2. The van der Waals surface area contributed by atoms with Crippen LogP contribution in [0.25, 0.3) is 17.1 Å². The molecule has 0 radical (unpaired) electrons. The molecule has 1 fully saturated rings. The lowest BCUT2D eigenvalue weighted by Crippen LogP contribution is -2.30. The number of nitrogens with one attached hydrogen (secondary N) is 1. The maximum absolute atomic E-state index is 12.7. The van der Waals surface area contributed by atoms with E-state index < -0.39 is 0 Å². The third-order valence-electron chi connectivity index (χ3n) is 6.30. The monoisotopic (exact) mass is 567 g/mol. The zero-order valence-electron chi connectivity index (χ0n) is 23.1. The zero-order valence-corrected chi connectivity index (χ0v) is 23.9. The number of ether oxygens (including phenoxy) is 1. The molecular formula is C30H29N7O3S. The van der Waals surface area contributed by atoms with Crippen LogP contribution in [0.1, 0.15) is 37.8 Å². The Balaban J connectivity index is 1.36. The van der Waals surface area contributed by atoms with Crippen molar-refractivity contribution in [3.8, 4) is 22.8 Å². The van der Waals surface area contributed by atoms with Crippen LogP contribution in [0.4, 0.5) is 11.6 Å². The van der Waals surface area contributed by atoms with Crippen molar-refractivity contribution in [1.82, 2.24) is 14.8 Å². The fourth-order valence-electron chi connectivity index (χ4n) is 4.29. The van der Waals surface area contributed by atoms with Crippen molar-refractivity contribution < 1.29 is 14.3 Å². The Labute approximate surface area is 242 Å². The van der Waals surface area contributed by atoms with Gasteiger partial charge in [0.1, 0.15) is 5.75 Å². The second kappa shape index (κ2) is 12.2. The van der Waals surface area contributed by atoms with Gasteiger partial charge in [-0.2, -0.15) is 14.8 Å². The molecule has 1 aromatic heterocycles. The van der Waals surface area contributed by atoms with E-state index in [2.05, 4.69) is 39.4 Å². The molecule has 10 nitrogen and oxygen atoms in total. The summed E-state index contributed by atoms with van der Waals surface area (Å²) in [5.74, 6) is 1.80. The summed E-state index contributed by atoms with van der Waals surface area (Å²) < 4.78 is 6.81. The minimum absolute atomic E-state index is 0.0124. The summed E-state index contributed by atoms with van der Waals surface area (Å²) in [4.78, 5) is 30.7. The van der Waals surface area contributed by atoms with E-state index in [4.69, 9.17) is 4.74 Å². The molecule has 0 unspecified atom stereocenters. The number of aromatic nitrogens is 3. The van der Waals surface area contributed by atoms with Crippen molar-refractivity contribution in [2.75, 3.05) is 23.1 Å². The van der Waals surface area contributed by atoms with Gasteiger partial charge in [-0.1, -0.05) is 68.1 Å². The third-order valence-corrected chi connectivity index (χ3v) is 7.21. The van der Waals surface area contributed by atoms with Gasteiger partial charge in [0.05, 0.1) is 30.5 Å². The molecule has 0 saturated carbocycles. The lowest BCUT2D eigenvalue weighted by Gasteiger charge is -2.20. The number of para-hydroxylation sites is 1. The van der Waals surface area contributed by atoms with Gasteiger partial charge in [-0.15, -0.1) is 10.2 Å². The first-order chi connectivity index (χ1) is 19.8. The molecule has 11 heteroatoms. The standard InChI is InChI=1S/C30H29N7O3S/c1-19(2)25-7-5-6-8-26(25)36-27(39)18-41-30(36)34-31-17-21-9-11-22(12-10-21)28-33-29(32-20(3)38)37(35-28)23-13-15-24(40-4)16-14-23/h5-17,19H,18H2,1-4H3,(H,32,33,35,38). The first-order valence-corrected chi connectivity index (χ1v) is 14.0. The average molecular weight is 568 g/mol. The lowest BCUT2D eigenvalue weighted by atomic mass is 10.0. The van der Waals surface area contributed by atoms with Gasteiger partial charge in [-0.3, -0.25) is 19.8 Å². The smallest absolute Gasteiger partial charge is 0.243 e. The van der Waals surface area contributed by atoms with Crippen molar-refractivity contribution in [3.63, 3.8) is 0 Å². The van der Waals surface area contributed by atoms with Gasteiger partial charge in [0, 0.05) is 12.5 Å². The highest BCUT2D eigenvalue weighted by Gasteiger charge is 2.31. The van der Waals surface area contributed by atoms with E-state index in [1.54, 1.807) is 22.9 Å². The Morgan fingerprint density at radius 2 is 1.80 bits per heavy atom. The van der Waals surface area contributed by atoms with Gasteiger partial charge < -0.3 is 4.74 Å². The maximum atomic E-state index is 12.7. The molecule has 0 spiro atoms. The summed E-state index contributed by atoms with van der Waals surface area (Å²) in [6, 6.07) is 22.7. The summed E-state index contributed by atoms with van der Waals surface area (Å²) in [7, 11) is 1.60. The number of benzene rings is 3. The Hall–Kier alpha value is -4.77. The summed E-state index contributed by atoms with van der Waals surface area (Å²) in [5, 5.41) is 16.6. The van der Waals surface area contributed by atoms with Gasteiger partial charge in [-0.05, 0) is 47.4 Å². The minimum atomic E-state index is -0.250. The Morgan fingerprint density at radius 3 is 2.49 bits per heavy atom. The van der Waals surface area contributed by atoms with Crippen LogP contribution in [0, 0.1) is 0 Å². The molecule has 1 aliphatic rings. The molecule has 1 saturated heterocycles. The van der Waals surface area contributed by atoms with E-state index in [1.165, 1.54) is 18.7 Å². The number of hydrogen-bond donors (Lipinski definition) is 1. The first-order valence-electron chi connectivity index (χ1n) is 13.0. The number of amides is 2. The molecule has 1 N–H and O–H groups in total. The quantitative estimate of drug-likeness (QED) is 0.222. The Morgan fingerprint density at radius 1 is 1.07 bits per heavy atom. The molecule has 208 valence electrons. The normalized spacial score (nSPS) is 14.4. The number of amidine groups is 1. The van der Waals surface area contributed by atoms with Crippen LogP contribution in [-0.4, -0.2) is 50.8 Å². The second-order valence-electron chi connectivity index (χ2n) is 9.53. The number of anilines is 2. The van der Waals surface area contributed by atoms with Crippen LogP contribution in [0.3, 0.4) is 0 Å². The molecule has 3 aromatic carbocycles. The van der Waals surface area contributed by atoms with Gasteiger partial charge >= 0.3 is 0 Å². The zero-order chi connectivity index (χ0) is 28.9. The van der Waals surface area contributed by atoms with Gasteiger partial charge in [0.25, 0.3) is 0 Å². The third kappa shape index (κ3) is 6.20. The summed E-state index contributed by atoms with van der Waals surface area (Å²) in [6.45, 7) is 5.63. The van der Waals surface area contributed by atoms with E-state index in [1.807, 2.05) is 72.8 Å². The Kier molecular flexibility index (Phi) is 8.25. The molecule has 2 heterocycles. The molecular weight excluding hydrogens is 538 g/mol. The van der Waals surface area contributed by atoms with Crippen LogP contribution >= 0.6 is 11.8 Å². The average Bonchev–Trinajstić information content (AvgIpc) is 3.56. The second-order valence-corrected chi connectivity index (χ2v) is 10.5. The number of carbonyl (C=O) groups excluding carboxylic acids is 2. The molecule has 0 bridgehead atoms. The van der Waals surface area contributed by atoms with Gasteiger partial charge in [0.15, 0.2) is 11.0 Å². The molecule has 41 heavy (non-hydrogen) atoms. The van der Waals surface area contributed by atoms with E-state index in [0.717, 1.165) is 28.1 Å². The summed E-state index contributed by atoms with van der Waals surface area (Å²) in [5.41, 5.74) is 4.24. The van der Waals surface area contributed by atoms with E-state index in [-0.39, 0.29) is 17.7 Å². The highest BCUT2D eigenvalue weighted by molar-refractivity contribution is 8.15. The minimum Gasteiger partial charge on any atom is -0.497 e. The molecule has 0 atom stereocenters. The van der Waals surface area contributed by atoms with Crippen LogP contribution in [0.15, 0.2) is 83.0 Å². The topological polar surface area (TPSA) is 114 Å². The van der Waals surface area contributed by atoms with E-state index in [0.29, 0.717) is 28.4 Å². The van der Waals surface area contributed by atoms with Crippen molar-refractivity contribution >= 4 is 46.6 Å². The van der Waals surface area contributed by atoms with Gasteiger partial charge in [0.2, 0.25) is 17.8 Å². The maximum Gasteiger partial charge on any atom is 0.243 e. The highest BCUT2D eigenvalue weighted by atomic mass is 32.2. The number of rotatable bonds is 8. The molecule has 0 aliphatic carbocycles. The number of methoxy groups -OCH3 is 1. The van der Waals surface area contributed by atoms with Crippen molar-refractivity contribution in [2.45, 2.75) is 26.7 Å². The van der Waals surface area contributed by atoms with Crippen LogP contribution in [-0.2, 0) is 9.59 Å². The first kappa shape index (κ1) is 27.8. The molecule has 5 rings (SSSR count). The predicted molar refractivity (Wildman–Crippen MR) is 163 cm³/mol. The number of hydrogen-bond acceptors (Lipinski definition) is 8.